The summed E-state index contributed by atoms with van der Waals surface area (Å²) >= 11 is 1.21. The molecular formula is C16H11FN2O2S. The van der Waals surface area contributed by atoms with Crippen molar-refractivity contribution in [2.45, 2.75) is 0 Å². The van der Waals surface area contributed by atoms with E-state index in [1.165, 1.54) is 36.0 Å². The van der Waals surface area contributed by atoms with Gasteiger partial charge in [0.1, 0.15) is 11.6 Å². The molecule has 0 aromatic heterocycles. The zero-order valence-corrected chi connectivity index (χ0v) is 12.1. The Morgan fingerprint density at radius 2 is 1.77 bits per heavy atom. The van der Waals surface area contributed by atoms with Gasteiger partial charge in [0, 0.05) is 0 Å². The van der Waals surface area contributed by atoms with Crippen LogP contribution in [0.5, 0.6) is 5.75 Å². The van der Waals surface area contributed by atoms with Crippen LogP contribution in [-0.4, -0.2) is 16.2 Å². The summed E-state index contributed by atoms with van der Waals surface area (Å²) in [7, 11) is 0. The van der Waals surface area contributed by atoms with E-state index in [1.807, 2.05) is 0 Å². The molecule has 0 spiro atoms. The molecule has 0 bridgehead atoms. The molecule has 0 radical (unpaired) electrons. The number of carbonyl (C=O) groups is 1. The van der Waals surface area contributed by atoms with E-state index in [4.69, 9.17) is 0 Å². The summed E-state index contributed by atoms with van der Waals surface area (Å²) in [6, 6.07) is 12.2. The van der Waals surface area contributed by atoms with Crippen molar-refractivity contribution in [2.24, 2.45) is 4.99 Å². The van der Waals surface area contributed by atoms with Crippen molar-refractivity contribution in [3.05, 3.63) is 64.8 Å². The number of hydrogen-bond donors (Lipinski definition) is 2. The van der Waals surface area contributed by atoms with E-state index < -0.39 is 0 Å². The number of nitrogens with zero attached hydrogens (tertiary/aromatic N) is 1. The minimum absolute atomic E-state index is 0.156. The first-order valence-electron chi connectivity index (χ1n) is 6.44. The lowest BCUT2D eigenvalue weighted by Crippen LogP contribution is -2.19. The van der Waals surface area contributed by atoms with Crippen LogP contribution in [0.3, 0.4) is 0 Å². The van der Waals surface area contributed by atoms with Gasteiger partial charge in [-0.3, -0.25) is 4.79 Å². The molecular weight excluding hydrogens is 303 g/mol. The van der Waals surface area contributed by atoms with Gasteiger partial charge in [-0.05, 0) is 59.8 Å². The van der Waals surface area contributed by atoms with Gasteiger partial charge in [0.25, 0.3) is 5.91 Å². The normalized spacial score (nSPS) is 18.0. The lowest BCUT2D eigenvalue weighted by molar-refractivity contribution is -0.115. The van der Waals surface area contributed by atoms with Gasteiger partial charge >= 0.3 is 0 Å². The van der Waals surface area contributed by atoms with Gasteiger partial charge in [-0.15, -0.1) is 0 Å². The summed E-state index contributed by atoms with van der Waals surface area (Å²) in [6.07, 6.45) is 1.68. The van der Waals surface area contributed by atoms with Gasteiger partial charge in [0.2, 0.25) is 0 Å². The summed E-state index contributed by atoms with van der Waals surface area (Å²) in [5.74, 6) is -0.406. The van der Waals surface area contributed by atoms with Gasteiger partial charge in [-0.2, -0.15) is 0 Å². The number of rotatable bonds is 2. The second kappa shape index (κ2) is 6.03. The second-order valence-electron chi connectivity index (χ2n) is 4.55. The Kier molecular flexibility index (Phi) is 3.93. The summed E-state index contributed by atoms with van der Waals surface area (Å²) in [6.45, 7) is 0. The number of aromatic hydroxyl groups is 1. The number of hydrogen-bond acceptors (Lipinski definition) is 4. The third-order valence-electron chi connectivity index (χ3n) is 2.90. The third-order valence-corrected chi connectivity index (χ3v) is 3.81. The molecule has 2 aromatic rings. The Balaban J connectivity index is 1.80. The number of phenolic OH excluding ortho intramolecular Hbond substituents is 1. The maximum atomic E-state index is 12.9. The van der Waals surface area contributed by atoms with E-state index in [2.05, 4.69) is 10.3 Å². The summed E-state index contributed by atoms with van der Waals surface area (Å²) in [5, 5.41) is 12.4. The number of carbonyl (C=O) groups excluding carboxylic acids is 1. The van der Waals surface area contributed by atoms with Crippen LogP contribution in [-0.2, 0) is 4.79 Å². The molecule has 22 heavy (non-hydrogen) atoms. The van der Waals surface area contributed by atoms with Crippen molar-refractivity contribution >= 4 is 34.6 Å². The first kappa shape index (κ1) is 14.3. The second-order valence-corrected chi connectivity index (χ2v) is 5.58. The lowest BCUT2D eigenvalue weighted by Gasteiger charge is -1.96. The number of aliphatic imine (C=N–C) groups is 1. The van der Waals surface area contributed by atoms with Crippen LogP contribution in [0.2, 0.25) is 0 Å². The number of amides is 1. The van der Waals surface area contributed by atoms with Crippen molar-refractivity contribution in [3.63, 3.8) is 0 Å². The molecule has 0 atom stereocenters. The van der Waals surface area contributed by atoms with Crippen LogP contribution in [0.25, 0.3) is 6.08 Å². The fourth-order valence-electron chi connectivity index (χ4n) is 1.84. The Morgan fingerprint density at radius 3 is 2.45 bits per heavy atom. The highest BCUT2D eigenvalue weighted by molar-refractivity contribution is 8.18. The van der Waals surface area contributed by atoms with E-state index in [0.29, 0.717) is 15.8 Å². The zero-order chi connectivity index (χ0) is 15.5. The highest BCUT2D eigenvalue weighted by Gasteiger charge is 2.23. The van der Waals surface area contributed by atoms with Crippen molar-refractivity contribution in [3.8, 4) is 5.75 Å². The minimum Gasteiger partial charge on any atom is -0.508 e. The molecule has 6 heteroatoms. The fraction of sp³-hybridized carbons (Fsp3) is 0. The maximum absolute atomic E-state index is 12.9. The molecule has 110 valence electrons. The standard InChI is InChI=1S/C16H11FN2O2S/c17-11-3-1-10(2-4-11)9-14-15(21)19-16(22-14)18-12-5-7-13(20)8-6-12/h1-9,20H,(H,18,19,21)/b14-9+. The Bertz CT molecular complexity index is 768. The van der Waals surface area contributed by atoms with Crippen LogP contribution in [0.15, 0.2) is 58.4 Å². The van der Waals surface area contributed by atoms with Crippen molar-refractivity contribution in [1.82, 2.24) is 5.32 Å². The molecule has 0 unspecified atom stereocenters. The van der Waals surface area contributed by atoms with Crippen LogP contribution >= 0.6 is 11.8 Å². The number of benzene rings is 2. The van der Waals surface area contributed by atoms with Gasteiger partial charge in [0.15, 0.2) is 5.17 Å². The molecule has 2 aromatic carbocycles. The molecule has 1 aliphatic rings. The number of amidine groups is 1. The molecule has 4 nitrogen and oxygen atoms in total. The predicted octanol–water partition coefficient (Wildman–Crippen LogP) is 3.42. The highest BCUT2D eigenvalue weighted by atomic mass is 32.2. The topological polar surface area (TPSA) is 61.7 Å². The predicted molar refractivity (Wildman–Crippen MR) is 85.3 cm³/mol. The smallest absolute Gasteiger partial charge is 0.264 e. The average Bonchev–Trinajstić information content (AvgIpc) is 2.84. The first-order chi connectivity index (χ1) is 10.6. The van der Waals surface area contributed by atoms with Crippen LogP contribution in [0.1, 0.15) is 5.56 Å². The van der Waals surface area contributed by atoms with E-state index in [0.717, 1.165) is 5.56 Å². The molecule has 3 rings (SSSR count). The Hall–Kier alpha value is -2.60. The van der Waals surface area contributed by atoms with Crippen LogP contribution in [0.4, 0.5) is 10.1 Å². The Labute approximate surface area is 130 Å². The fourth-order valence-corrected chi connectivity index (χ4v) is 2.68. The third kappa shape index (κ3) is 3.35. The van der Waals surface area contributed by atoms with Gasteiger partial charge < -0.3 is 10.4 Å². The van der Waals surface area contributed by atoms with Crippen molar-refractivity contribution < 1.29 is 14.3 Å². The van der Waals surface area contributed by atoms with E-state index >= 15 is 0 Å². The molecule has 1 amide bonds. The Morgan fingerprint density at radius 1 is 1.09 bits per heavy atom. The number of phenols is 1. The maximum Gasteiger partial charge on any atom is 0.264 e. The van der Waals surface area contributed by atoms with E-state index in [-0.39, 0.29) is 17.5 Å². The van der Waals surface area contributed by atoms with E-state index in [9.17, 15) is 14.3 Å². The quantitative estimate of drug-likeness (QED) is 0.835. The molecule has 1 aliphatic heterocycles. The highest BCUT2D eigenvalue weighted by Crippen LogP contribution is 2.28. The SMILES string of the molecule is O=C1NC(=Nc2ccc(O)cc2)S/C1=C/c1ccc(F)cc1. The van der Waals surface area contributed by atoms with Crippen LogP contribution < -0.4 is 5.32 Å². The number of thioether (sulfide) groups is 1. The molecule has 1 heterocycles. The van der Waals surface area contributed by atoms with Gasteiger partial charge in [0.05, 0.1) is 10.6 Å². The van der Waals surface area contributed by atoms with Crippen molar-refractivity contribution in [2.75, 3.05) is 0 Å². The minimum atomic E-state index is -0.319. The molecule has 1 saturated heterocycles. The van der Waals surface area contributed by atoms with E-state index in [1.54, 1.807) is 30.3 Å². The average molecular weight is 314 g/mol. The zero-order valence-electron chi connectivity index (χ0n) is 11.3. The number of nitrogens with one attached hydrogen (secondary N) is 1. The monoisotopic (exact) mass is 314 g/mol. The first-order valence-corrected chi connectivity index (χ1v) is 7.26. The molecule has 1 fully saturated rings. The molecule has 2 N–H and O–H groups in total. The molecule has 0 aliphatic carbocycles. The summed E-state index contributed by atoms with van der Waals surface area (Å²) in [5.41, 5.74) is 1.37. The molecule has 0 saturated carbocycles. The summed E-state index contributed by atoms with van der Waals surface area (Å²) < 4.78 is 12.9. The lowest BCUT2D eigenvalue weighted by atomic mass is 10.2. The van der Waals surface area contributed by atoms with Gasteiger partial charge in [-0.25, -0.2) is 9.38 Å². The van der Waals surface area contributed by atoms with Crippen molar-refractivity contribution in [1.29, 1.82) is 0 Å². The summed E-state index contributed by atoms with van der Waals surface area (Å²) in [4.78, 5) is 16.7. The van der Waals surface area contributed by atoms with Crippen LogP contribution in [0, 0.1) is 5.82 Å². The van der Waals surface area contributed by atoms with Gasteiger partial charge in [-0.1, -0.05) is 12.1 Å². The number of halogens is 1. The largest absolute Gasteiger partial charge is 0.508 e.